The number of ether oxygens (including phenoxy) is 1. The summed E-state index contributed by atoms with van der Waals surface area (Å²) in [6, 6.07) is 11.4. The van der Waals surface area contributed by atoms with Gasteiger partial charge in [0.25, 0.3) is 0 Å². The minimum atomic E-state index is 0.124. The number of rotatable bonds is 3. The highest BCUT2D eigenvalue weighted by molar-refractivity contribution is 5.73. The van der Waals surface area contributed by atoms with Crippen LogP contribution < -0.4 is 10.5 Å². The lowest BCUT2D eigenvalue weighted by atomic mass is 9.90. The molecule has 0 spiro atoms. The van der Waals surface area contributed by atoms with Gasteiger partial charge in [-0.2, -0.15) is 0 Å². The Morgan fingerprint density at radius 1 is 1.33 bits per heavy atom. The number of para-hydroxylation sites is 1. The Hall–Kier alpha value is -2.49. The minimum Gasteiger partial charge on any atom is -0.504 e. The van der Waals surface area contributed by atoms with Gasteiger partial charge in [0.2, 0.25) is 0 Å². The molecule has 3 N–H and O–H groups in total. The van der Waals surface area contributed by atoms with E-state index in [-0.39, 0.29) is 5.75 Å². The van der Waals surface area contributed by atoms with Crippen molar-refractivity contribution in [3.8, 4) is 11.5 Å². The highest BCUT2D eigenvalue weighted by atomic mass is 16.5. The van der Waals surface area contributed by atoms with E-state index in [2.05, 4.69) is 11.1 Å². The number of fused-ring (bicyclic) bond motifs is 1. The Balaban J connectivity index is 1.83. The molecule has 1 aliphatic rings. The van der Waals surface area contributed by atoms with Crippen LogP contribution in [0.4, 0.5) is 11.4 Å². The summed E-state index contributed by atoms with van der Waals surface area (Å²) in [6.45, 7) is 0. The second kappa shape index (κ2) is 5.48. The number of hydrogen-bond donors (Lipinski definition) is 2. The van der Waals surface area contributed by atoms with Crippen molar-refractivity contribution in [1.29, 1.82) is 0 Å². The van der Waals surface area contributed by atoms with Crippen LogP contribution in [0.3, 0.4) is 0 Å². The molecule has 1 aliphatic heterocycles. The first-order valence-corrected chi connectivity index (χ1v) is 6.95. The topological polar surface area (TPSA) is 67.8 Å². The number of aliphatic imine (C=N–C) groups is 1. The second-order valence-corrected chi connectivity index (χ2v) is 5.30. The van der Waals surface area contributed by atoms with Gasteiger partial charge in [-0.05, 0) is 36.1 Å². The van der Waals surface area contributed by atoms with Crippen molar-refractivity contribution in [2.24, 2.45) is 10.9 Å². The normalized spacial score (nSPS) is 16.5. The lowest BCUT2D eigenvalue weighted by Crippen LogP contribution is -2.14. The molecule has 0 radical (unpaired) electrons. The molecule has 108 valence electrons. The fourth-order valence-corrected chi connectivity index (χ4v) is 2.69. The summed E-state index contributed by atoms with van der Waals surface area (Å²) >= 11 is 0. The van der Waals surface area contributed by atoms with Crippen LogP contribution in [-0.2, 0) is 12.8 Å². The van der Waals surface area contributed by atoms with Crippen molar-refractivity contribution < 1.29 is 9.84 Å². The lowest BCUT2D eigenvalue weighted by molar-refractivity contribution is 0.373. The number of nitrogens with two attached hydrogens (primary N) is 1. The Bertz CT molecular complexity index is 695. The van der Waals surface area contributed by atoms with Gasteiger partial charge in [0.05, 0.1) is 12.8 Å². The van der Waals surface area contributed by atoms with Gasteiger partial charge in [-0.25, -0.2) is 0 Å². The van der Waals surface area contributed by atoms with Crippen LogP contribution in [0.25, 0.3) is 0 Å². The summed E-state index contributed by atoms with van der Waals surface area (Å²) in [5.74, 6) is 0.916. The van der Waals surface area contributed by atoms with Gasteiger partial charge in [-0.1, -0.05) is 18.2 Å². The highest BCUT2D eigenvalue weighted by Gasteiger charge is 2.18. The molecule has 21 heavy (non-hydrogen) atoms. The largest absolute Gasteiger partial charge is 0.504 e. The van der Waals surface area contributed by atoms with Gasteiger partial charge >= 0.3 is 0 Å². The van der Waals surface area contributed by atoms with Crippen molar-refractivity contribution >= 4 is 17.6 Å². The first-order chi connectivity index (χ1) is 10.2. The maximum absolute atomic E-state index is 9.79. The van der Waals surface area contributed by atoms with Crippen LogP contribution in [-0.4, -0.2) is 18.4 Å². The Morgan fingerprint density at radius 2 is 2.14 bits per heavy atom. The highest BCUT2D eigenvalue weighted by Crippen LogP contribution is 2.37. The van der Waals surface area contributed by atoms with E-state index < -0.39 is 0 Å². The zero-order chi connectivity index (χ0) is 14.8. The molecule has 1 atom stereocenters. The molecule has 0 saturated heterocycles. The molecule has 0 aromatic heterocycles. The zero-order valence-corrected chi connectivity index (χ0v) is 11.9. The van der Waals surface area contributed by atoms with Crippen LogP contribution in [0.2, 0.25) is 0 Å². The molecule has 0 amide bonds. The van der Waals surface area contributed by atoms with Crippen LogP contribution in [0.1, 0.15) is 11.1 Å². The average molecular weight is 282 g/mol. The fourth-order valence-electron chi connectivity index (χ4n) is 2.69. The standard InChI is InChI=1S/C17H18N2O2/c1-21-17-8-13-7-11(10-19-15(13)9-16(17)20)6-12-4-2-3-5-14(12)18/h2-5,8-11,20H,6-7,18H2,1H3/t11-/m1/s1. The van der Waals surface area contributed by atoms with Gasteiger partial charge in [0.1, 0.15) is 0 Å². The number of nitrogens with zero attached hydrogens (tertiary/aromatic N) is 1. The van der Waals surface area contributed by atoms with E-state index in [1.165, 1.54) is 0 Å². The Kier molecular flexibility index (Phi) is 3.52. The summed E-state index contributed by atoms with van der Waals surface area (Å²) < 4.78 is 5.16. The van der Waals surface area contributed by atoms with E-state index in [9.17, 15) is 5.11 Å². The molecular weight excluding hydrogens is 264 g/mol. The van der Waals surface area contributed by atoms with Crippen LogP contribution in [0.5, 0.6) is 11.5 Å². The maximum Gasteiger partial charge on any atom is 0.160 e. The zero-order valence-electron chi connectivity index (χ0n) is 11.9. The van der Waals surface area contributed by atoms with Crippen LogP contribution in [0, 0.1) is 5.92 Å². The van der Waals surface area contributed by atoms with Crippen LogP contribution >= 0.6 is 0 Å². The quantitative estimate of drug-likeness (QED) is 0.850. The second-order valence-electron chi connectivity index (χ2n) is 5.30. The summed E-state index contributed by atoms with van der Waals surface area (Å²) in [6.07, 6.45) is 3.67. The Morgan fingerprint density at radius 3 is 2.90 bits per heavy atom. The maximum atomic E-state index is 9.79. The van der Waals surface area contributed by atoms with Crippen molar-refractivity contribution in [3.63, 3.8) is 0 Å². The van der Waals surface area contributed by atoms with Gasteiger partial charge < -0.3 is 15.6 Å². The number of phenols is 1. The van der Waals surface area contributed by atoms with Crippen molar-refractivity contribution in [2.75, 3.05) is 12.8 Å². The summed E-state index contributed by atoms with van der Waals surface area (Å²) in [5.41, 5.74) is 9.86. The van der Waals surface area contributed by atoms with Crippen molar-refractivity contribution in [3.05, 3.63) is 47.5 Å². The molecule has 2 aromatic rings. The van der Waals surface area contributed by atoms with Gasteiger partial charge in [0, 0.05) is 23.9 Å². The number of hydrogen-bond acceptors (Lipinski definition) is 4. The molecule has 0 fully saturated rings. The van der Waals surface area contributed by atoms with E-state index >= 15 is 0 Å². The predicted octanol–water partition coefficient (Wildman–Crippen LogP) is 3.10. The monoisotopic (exact) mass is 282 g/mol. The molecule has 0 saturated carbocycles. The summed E-state index contributed by atoms with van der Waals surface area (Å²) in [5, 5.41) is 9.79. The average Bonchev–Trinajstić information content (AvgIpc) is 2.49. The van der Waals surface area contributed by atoms with Gasteiger partial charge in [-0.15, -0.1) is 0 Å². The van der Waals surface area contributed by atoms with Crippen molar-refractivity contribution in [2.45, 2.75) is 12.8 Å². The van der Waals surface area contributed by atoms with Gasteiger partial charge in [0.15, 0.2) is 11.5 Å². The molecule has 0 unspecified atom stereocenters. The first kappa shape index (κ1) is 13.5. The third-order valence-corrected chi connectivity index (χ3v) is 3.82. The molecular formula is C17H18N2O2. The number of nitrogen functional groups attached to an aromatic ring is 1. The van der Waals surface area contributed by atoms with Crippen molar-refractivity contribution in [1.82, 2.24) is 0 Å². The van der Waals surface area contributed by atoms with Gasteiger partial charge in [-0.3, -0.25) is 4.99 Å². The molecule has 1 heterocycles. The van der Waals surface area contributed by atoms with E-state index in [0.29, 0.717) is 11.7 Å². The molecule has 0 bridgehead atoms. The fraction of sp³-hybridized carbons (Fsp3) is 0.235. The first-order valence-electron chi connectivity index (χ1n) is 6.95. The molecule has 4 heteroatoms. The number of anilines is 1. The predicted molar refractivity (Wildman–Crippen MR) is 84.6 cm³/mol. The van der Waals surface area contributed by atoms with Crippen LogP contribution in [0.15, 0.2) is 41.4 Å². The number of aromatic hydroxyl groups is 1. The van der Waals surface area contributed by atoms with E-state index in [4.69, 9.17) is 10.5 Å². The molecule has 3 rings (SSSR count). The number of methoxy groups -OCH3 is 1. The van der Waals surface area contributed by atoms with E-state index in [1.54, 1.807) is 13.2 Å². The third kappa shape index (κ3) is 2.70. The smallest absolute Gasteiger partial charge is 0.160 e. The molecule has 0 aliphatic carbocycles. The summed E-state index contributed by atoms with van der Waals surface area (Å²) in [7, 11) is 1.55. The number of benzene rings is 2. The molecule has 4 nitrogen and oxygen atoms in total. The Labute approximate surface area is 123 Å². The van der Waals surface area contributed by atoms with E-state index in [0.717, 1.165) is 35.3 Å². The SMILES string of the molecule is COc1cc2c(cc1O)N=C[C@H](Cc1ccccc1N)C2. The van der Waals surface area contributed by atoms with E-state index in [1.807, 2.05) is 30.5 Å². The lowest BCUT2D eigenvalue weighted by Gasteiger charge is -2.20. The number of phenolic OH excluding ortho intramolecular Hbond substituents is 1. The molecule has 2 aromatic carbocycles. The minimum absolute atomic E-state index is 0.124. The summed E-state index contributed by atoms with van der Waals surface area (Å²) in [4.78, 5) is 4.46. The third-order valence-electron chi connectivity index (χ3n) is 3.82.